The van der Waals surface area contributed by atoms with Crippen LogP contribution in [0.25, 0.3) is 0 Å². The zero-order valence-corrected chi connectivity index (χ0v) is 31.0. The summed E-state index contributed by atoms with van der Waals surface area (Å²) in [6.45, 7) is 45.3. The monoisotopic (exact) mass is 520 g/mol. The zero-order valence-electron chi connectivity index (χ0n) is 21.0. The summed E-state index contributed by atoms with van der Waals surface area (Å²) in [5, 5.41) is 0. The van der Waals surface area contributed by atoms with Gasteiger partial charge in [0.05, 0.1) is 0 Å². The molecular weight excluding hydrogens is 473 g/mol. The van der Waals surface area contributed by atoms with Crippen molar-refractivity contribution in [2.75, 3.05) is 0 Å². The molecule has 0 atom stereocenters. The van der Waals surface area contributed by atoms with E-state index in [1.54, 1.807) is 0 Å². The summed E-state index contributed by atoms with van der Waals surface area (Å²) in [6, 6.07) is 0. The van der Waals surface area contributed by atoms with Gasteiger partial charge < -0.3 is 0 Å². The molecule has 3 aliphatic rings. The fraction of sp³-hybridized carbons (Fsp3) is 1.00. The maximum Gasteiger partial charge on any atom is 0.0278 e. The molecule has 0 aromatic rings. The zero-order chi connectivity index (χ0) is 21.0. The van der Waals surface area contributed by atoms with Crippen LogP contribution in [0, 0.1) is 0 Å². The highest BCUT2D eigenvalue weighted by Gasteiger charge is 3.01. The Morgan fingerprint density at radius 1 is 0.192 bits per heavy atom. The molecule has 3 saturated heterocycles. The molecule has 0 nitrogen and oxygen atoms in total. The molecule has 3 rings (SSSR count). The van der Waals surface area contributed by atoms with Crippen LogP contribution in [0.2, 0.25) is 105 Å². The Balaban J connectivity index is 2.69. The van der Waals surface area contributed by atoms with Gasteiger partial charge in [0.25, 0.3) is 0 Å². The summed E-state index contributed by atoms with van der Waals surface area (Å²) in [7, 11) is -6.32. The van der Waals surface area contributed by atoms with Crippen LogP contribution in [-0.4, -0.2) is 69.2 Å². The second-order valence-electron chi connectivity index (χ2n) is 14.2. The van der Waals surface area contributed by atoms with Gasteiger partial charge in [0.15, 0.2) is 0 Å². The summed E-state index contributed by atoms with van der Waals surface area (Å²) in [6.07, 6.45) is 0. The Morgan fingerprint density at radius 2 is 0.308 bits per heavy atom. The van der Waals surface area contributed by atoms with Gasteiger partial charge in [0.1, 0.15) is 0 Å². The molecule has 10 heteroatoms. The summed E-state index contributed by atoms with van der Waals surface area (Å²) >= 11 is 0. The molecular formula is C16H48Si10. The summed E-state index contributed by atoms with van der Waals surface area (Å²) in [5.41, 5.74) is 0. The minimum atomic E-state index is -1.06. The highest BCUT2D eigenvalue weighted by Crippen LogP contribution is 2.72. The summed E-state index contributed by atoms with van der Waals surface area (Å²) in [4.78, 5) is 0. The van der Waals surface area contributed by atoms with E-state index in [2.05, 4.69) is 105 Å². The molecule has 26 heavy (non-hydrogen) atoms. The van der Waals surface area contributed by atoms with Crippen molar-refractivity contribution >= 4 is 69.2 Å². The van der Waals surface area contributed by atoms with Crippen molar-refractivity contribution in [3.05, 3.63) is 0 Å². The number of rotatable bonds is 0. The van der Waals surface area contributed by atoms with Crippen molar-refractivity contribution in [3.8, 4) is 0 Å². The lowest BCUT2D eigenvalue weighted by Gasteiger charge is -2.54. The second kappa shape index (κ2) is 4.81. The van der Waals surface area contributed by atoms with E-state index in [9.17, 15) is 0 Å². The molecule has 3 fully saturated rings. The van der Waals surface area contributed by atoms with Crippen LogP contribution in [-0.2, 0) is 0 Å². The van der Waals surface area contributed by atoms with Crippen molar-refractivity contribution in [1.29, 1.82) is 0 Å². The average molecular weight is 521 g/mol. The average Bonchev–Trinajstić information content (AvgIpc) is 2.63. The normalized spacial score (nSPS) is 53.5. The van der Waals surface area contributed by atoms with Crippen LogP contribution in [0.3, 0.4) is 0 Å². The van der Waals surface area contributed by atoms with E-state index in [1.165, 1.54) is 0 Å². The first-order valence-electron chi connectivity index (χ1n) is 11.0. The molecule has 0 bridgehead atoms. The predicted octanol–water partition coefficient (Wildman–Crippen LogP) is 5.53. The van der Waals surface area contributed by atoms with Gasteiger partial charge in [-0.05, 0) is 0 Å². The maximum absolute atomic E-state index is 3.25. The molecule has 0 saturated carbocycles. The van der Waals surface area contributed by atoms with Gasteiger partial charge in [-0.25, -0.2) is 0 Å². The topological polar surface area (TPSA) is 0 Å². The summed E-state index contributed by atoms with van der Waals surface area (Å²) in [5.74, 6) is 0. The minimum absolute atomic E-state index is 1.05. The second-order valence-corrected chi connectivity index (χ2v) is 151. The van der Waals surface area contributed by atoms with Crippen molar-refractivity contribution in [2.24, 2.45) is 0 Å². The Labute approximate surface area is 172 Å². The third kappa shape index (κ3) is 1.37. The molecule has 0 spiro atoms. The van der Waals surface area contributed by atoms with Crippen LogP contribution in [0.15, 0.2) is 0 Å². The number of hydrogen-bond donors (Lipinski definition) is 0. The highest BCUT2D eigenvalue weighted by molar-refractivity contribution is 8.52. The van der Waals surface area contributed by atoms with Gasteiger partial charge in [-0.3, -0.25) is 0 Å². The highest BCUT2D eigenvalue weighted by atomic mass is 30.7. The van der Waals surface area contributed by atoms with Gasteiger partial charge in [0, 0.05) is 69.2 Å². The Hall–Kier alpha value is 2.17. The van der Waals surface area contributed by atoms with Gasteiger partial charge in [-0.2, -0.15) is 0 Å². The van der Waals surface area contributed by atoms with Crippen LogP contribution in [0.5, 0.6) is 0 Å². The standard InChI is InChI=1S/C16H48Si10/c1-17(2)18(3,4)24(14)21(9,10)22(11,12)25(15)20(7,8)19(5,6)23(17,13)26(24,25)16/h1-16H3. The smallest absolute Gasteiger partial charge is 0.0278 e. The third-order valence-corrected chi connectivity index (χ3v) is 380. The molecule has 3 heterocycles. The van der Waals surface area contributed by atoms with Crippen LogP contribution in [0.4, 0.5) is 0 Å². The largest absolute Gasteiger partial charge is 0.0758 e. The van der Waals surface area contributed by atoms with E-state index >= 15 is 0 Å². The van der Waals surface area contributed by atoms with E-state index < -0.39 is 69.2 Å². The molecule has 0 unspecified atom stereocenters. The minimum Gasteiger partial charge on any atom is -0.0758 e. The Kier molecular flexibility index (Phi) is 4.23. The van der Waals surface area contributed by atoms with Crippen molar-refractivity contribution in [1.82, 2.24) is 0 Å². The predicted molar refractivity (Wildman–Crippen MR) is 151 cm³/mol. The third-order valence-electron chi connectivity index (χ3n) is 15.2. The SMILES string of the molecule is C[Si]1(C)[Si](C)(C)[Si]2(C)[Si](C)(C)[Si](C)(C)[Si]3(C)[Si](C)(C)[Si](C)(C)[Si]1(C)[Si]23C. The van der Waals surface area contributed by atoms with E-state index in [1.807, 2.05) is 0 Å². The molecule has 152 valence electrons. The Morgan fingerprint density at radius 3 is 0.423 bits per heavy atom. The summed E-state index contributed by atoms with van der Waals surface area (Å²) < 4.78 is 0. The molecule has 0 radical (unpaired) electrons. The van der Waals surface area contributed by atoms with E-state index in [0.29, 0.717) is 0 Å². The van der Waals surface area contributed by atoms with E-state index in [0.717, 1.165) is 0 Å². The van der Waals surface area contributed by atoms with E-state index in [-0.39, 0.29) is 0 Å². The van der Waals surface area contributed by atoms with Gasteiger partial charge in [-0.15, -0.1) is 0 Å². The van der Waals surface area contributed by atoms with Gasteiger partial charge >= 0.3 is 0 Å². The lowest BCUT2D eigenvalue weighted by molar-refractivity contribution is 1.84. The molecule has 0 aromatic carbocycles. The fourth-order valence-electron chi connectivity index (χ4n) is 11.3. The molecule has 0 amide bonds. The Bertz CT molecular complexity index is 567. The quantitative estimate of drug-likeness (QED) is 0.368. The van der Waals surface area contributed by atoms with Crippen LogP contribution >= 0.6 is 0 Å². The lowest BCUT2D eigenvalue weighted by Crippen LogP contribution is -2.83. The molecule has 0 N–H and O–H groups in total. The van der Waals surface area contributed by atoms with E-state index in [4.69, 9.17) is 0 Å². The number of hydrogen-bond acceptors (Lipinski definition) is 0. The van der Waals surface area contributed by atoms with Gasteiger partial charge in [-0.1, -0.05) is 105 Å². The van der Waals surface area contributed by atoms with Crippen molar-refractivity contribution in [3.63, 3.8) is 0 Å². The first-order chi connectivity index (χ1) is 11.0. The maximum atomic E-state index is 3.25. The van der Waals surface area contributed by atoms with Crippen molar-refractivity contribution < 1.29 is 0 Å². The van der Waals surface area contributed by atoms with Crippen LogP contribution < -0.4 is 0 Å². The van der Waals surface area contributed by atoms with Crippen molar-refractivity contribution in [2.45, 2.75) is 105 Å². The first-order valence-corrected chi connectivity index (χ1v) is 51.0. The molecule has 3 aliphatic heterocycles. The lowest BCUT2D eigenvalue weighted by atomic mass is 11.9. The fourth-order valence-corrected chi connectivity index (χ4v) is 853. The first kappa shape index (κ1) is 22.8. The molecule has 0 aromatic heterocycles. The van der Waals surface area contributed by atoms with Crippen LogP contribution in [0.1, 0.15) is 0 Å². The molecule has 0 aliphatic carbocycles. The van der Waals surface area contributed by atoms with Gasteiger partial charge in [0.2, 0.25) is 0 Å².